The number of carbonyl (C=O) groups excluding carboxylic acids is 1. The van der Waals surface area contributed by atoms with Crippen molar-refractivity contribution in [1.29, 1.82) is 0 Å². The first-order valence-corrected chi connectivity index (χ1v) is 5.95. The first kappa shape index (κ1) is 12.8. The minimum Gasteiger partial charge on any atom is -0.287 e. The Morgan fingerprint density at radius 3 is 2.89 bits per heavy atom. The first-order valence-electron chi connectivity index (χ1n) is 5.57. The monoisotopic (exact) mass is 266 g/mol. The van der Waals surface area contributed by atoms with Crippen LogP contribution in [0.3, 0.4) is 0 Å². The lowest BCUT2D eigenvalue weighted by Gasteiger charge is -2.07. The van der Waals surface area contributed by atoms with Gasteiger partial charge in [-0.15, -0.1) is 0 Å². The summed E-state index contributed by atoms with van der Waals surface area (Å²) >= 11 is 5.93. The van der Waals surface area contributed by atoms with Gasteiger partial charge in [0.1, 0.15) is 11.5 Å². The molecule has 0 saturated carbocycles. The molecule has 1 aromatic heterocycles. The maximum Gasteiger partial charge on any atom is 0.215 e. The number of rotatable bonds is 3. The summed E-state index contributed by atoms with van der Waals surface area (Å²) in [6, 6.07) is 4.71. The van der Waals surface area contributed by atoms with E-state index in [1.54, 1.807) is 19.1 Å². The summed E-state index contributed by atoms with van der Waals surface area (Å²) in [5.41, 5.74) is 0.676. The highest BCUT2D eigenvalue weighted by Gasteiger charge is 2.21. The molecule has 0 atom stereocenters. The van der Waals surface area contributed by atoms with Crippen LogP contribution in [-0.4, -0.2) is 15.6 Å². The van der Waals surface area contributed by atoms with Gasteiger partial charge >= 0.3 is 0 Å². The summed E-state index contributed by atoms with van der Waals surface area (Å²) in [4.78, 5) is 12.3. The zero-order valence-corrected chi connectivity index (χ0v) is 10.8. The predicted molar refractivity (Wildman–Crippen MR) is 67.5 cm³/mol. The van der Waals surface area contributed by atoms with Gasteiger partial charge in [0.15, 0.2) is 0 Å². The zero-order chi connectivity index (χ0) is 13.3. The van der Waals surface area contributed by atoms with E-state index in [0.717, 1.165) is 0 Å². The maximum absolute atomic E-state index is 13.9. The van der Waals surface area contributed by atoms with Crippen molar-refractivity contribution >= 4 is 17.4 Å². The second-order valence-corrected chi connectivity index (χ2v) is 4.33. The Bertz CT molecular complexity index is 607. The second-order valence-electron chi connectivity index (χ2n) is 3.92. The van der Waals surface area contributed by atoms with E-state index >= 15 is 0 Å². The van der Waals surface area contributed by atoms with Gasteiger partial charge in [0.2, 0.25) is 5.78 Å². The Morgan fingerprint density at radius 2 is 2.22 bits per heavy atom. The summed E-state index contributed by atoms with van der Waals surface area (Å²) in [7, 11) is 0. The molecule has 0 fully saturated rings. The Labute approximate surface area is 109 Å². The highest BCUT2D eigenvalue weighted by atomic mass is 35.5. The van der Waals surface area contributed by atoms with Gasteiger partial charge in [0.25, 0.3) is 0 Å². The quantitative estimate of drug-likeness (QED) is 0.800. The molecule has 0 radical (unpaired) electrons. The number of halogens is 2. The Morgan fingerprint density at radius 1 is 1.50 bits per heavy atom. The summed E-state index contributed by atoms with van der Waals surface area (Å²) in [5, 5.41) is 4.21. The molecule has 2 rings (SSSR count). The average Bonchev–Trinajstić information content (AvgIpc) is 2.73. The standard InChI is InChI=1S/C13H12ClFN2O/c1-3-17-12(10(14)7-16-17)13(18)9-6-4-5-8(2)11(9)15/h4-7H,3H2,1-2H3. The van der Waals surface area contributed by atoms with Crippen molar-refractivity contribution in [2.24, 2.45) is 0 Å². The molecule has 0 amide bonds. The highest BCUT2D eigenvalue weighted by molar-refractivity contribution is 6.34. The van der Waals surface area contributed by atoms with Crippen LogP contribution in [0, 0.1) is 12.7 Å². The lowest BCUT2D eigenvalue weighted by atomic mass is 10.0. The maximum atomic E-state index is 13.9. The SMILES string of the molecule is CCn1ncc(Cl)c1C(=O)c1cccc(C)c1F. The zero-order valence-electron chi connectivity index (χ0n) is 10.1. The van der Waals surface area contributed by atoms with Crippen molar-refractivity contribution in [3.8, 4) is 0 Å². The Hall–Kier alpha value is -1.68. The van der Waals surface area contributed by atoms with Crippen molar-refractivity contribution in [2.75, 3.05) is 0 Å². The predicted octanol–water partition coefficient (Wildman–Crippen LogP) is 3.23. The van der Waals surface area contributed by atoms with E-state index in [1.807, 2.05) is 6.92 Å². The molecule has 1 aromatic carbocycles. The van der Waals surface area contributed by atoms with Crippen LogP contribution in [0.15, 0.2) is 24.4 Å². The van der Waals surface area contributed by atoms with Gasteiger partial charge < -0.3 is 0 Å². The van der Waals surface area contributed by atoms with Gasteiger partial charge in [-0.05, 0) is 25.5 Å². The molecular weight excluding hydrogens is 255 g/mol. The van der Waals surface area contributed by atoms with Crippen LogP contribution in [0.5, 0.6) is 0 Å². The molecule has 1 heterocycles. The molecule has 0 N–H and O–H groups in total. The van der Waals surface area contributed by atoms with E-state index < -0.39 is 11.6 Å². The van der Waals surface area contributed by atoms with Crippen molar-refractivity contribution in [3.63, 3.8) is 0 Å². The third-order valence-corrected chi connectivity index (χ3v) is 3.02. The van der Waals surface area contributed by atoms with E-state index in [0.29, 0.717) is 12.1 Å². The molecule has 0 saturated heterocycles. The number of hydrogen-bond donors (Lipinski definition) is 0. The van der Waals surface area contributed by atoms with Gasteiger partial charge in [0.05, 0.1) is 16.8 Å². The average molecular weight is 267 g/mol. The number of benzene rings is 1. The number of hydrogen-bond acceptors (Lipinski definition) is 2. The second kappa shape index (κ2) is 4.90. The van der Waals surface area contributed by atoms with Crippen molar-refractivity contribution in [2.45, 2.75) is 20.4 Å². The Kier molecular flexibility index (Phi) is 3.48. The third kappa shape index (κ3) is 2.04. The van der Waals surface area contributed by atoms with Gasteiger partial charge in [-0.3, -0.25) is 9.48 Å². The van der Waals surface area contributed by atoms with Gasteiger partial charge in [-0.1, -0.05) is 23.7 Å². The van der Waals surface area contributed by atoms with Crippen molar-refractivity contribution in [1.82, 2.24) is 9.78 Å². The van der Waals surface area contributed by atoms with E-state index in [2.05, 4.69) is 5.10 Å². The molecule has 0 bridgehead atoms. The van der Waals surface area contributed by atoms with Crippen LogP contribution < -0.4 is 0 Å². The summed E-state index contributed by atoms with van der Waals surface area (Å²) in [6.45, 7) is 3.96. The largest absolute Gasteiger partial charge is 0.287 e. The lowest BCUT2D eigenvalue weighted by molar-refractivity contribution is 0.102. The number of ketones is 1. The van der Waals surface area contributed by atoms with Crippen LogP contribution in [0.1, 0.15) is 28.5 Å². The number of aromatic nitrogens is 2. The van der Waals surface area contributed by atoms with Crippen LogP contribution in [0.4, 0.5) is 4.39 Å². The molecular formula is C13H12ClFN2O. The summed E-state index contributed by atoms with van der Waals surface area (Å²) < 4.78 is 15.4. The number of aryl methyl sites for hydroxylation is 2. The number of nitrogens with zero attached hydrogens (tertiary/aromatic N) is 2. The summed E-state index contributed by atoms with van der Waals surface area (Å²) in [6.07, 6.45) is 1.39. The molecule has 0 aliphatic carbocycles. The fourth-order valence-electron chi connectivity index (χ4n) is 1.78. The van der Waals surface area contributed by atoms with Gasteiger partial charge in [-0.25, -0.2) is 4.39 Å². The fraction of sp³-hybridized carbons (Fsp3) is 0.231. The molecule has 18 heavy (non-hydrogen) atoms. The topological polar surface area (TPSA) is 34.9 Å². The minimum atomic E-state index is -0.512. The molecule has 2 aromatic rings. The molecule has 5 heteroatoms. The molecule has 3 nitrogen and oxygen atoms in total. The molecule has 94 valence electrons. The van der Waals surface area contributed by atoms with Crippen molar-refractivity contribution in [3.05, 3.63) is 52.1 Å². The van der Waals surface area contributed by atoms with Gasteiger partial charge in [-0.2, -0.15) is 5.10 Å². The van der Waals surface area contributed by atoms with Crippen LogP contribution in [0.25, 0.3) is 0 Å². The van der Waals surface area contributed by atoms with Crippen molar-refractivity contribution < 1.29 is 9.18 Å². The summed E-state index contributed by atoms with van der Waals surface area (Å²) in [5.74, 6) is -0.956. The Balaban J connectivity index is 2.55. The van der Waals surface area contributed by atoms with Crippen LogP contribution in [-0.2, 0) is 6.54 Å². The van der Waals surface area contributed by atoms with E-state index in [4.69, 9.17) is 11.6 Å². The lowest BCUT2D eigenvalue weighted by Crippen LogP contribution is -2.13. The molecule has 0 unspecified atom stereocenters. The fourth-order valence-corrected chi connectivity index (χ4v) is 2.01. The minimum absolute atomic E-state index is 0.0205. The van der Waals surface area contributed by atoms with Crippen LogP contribution >= 0.6 is 11.6 Å². The van der Waals surface area contributed by atoms with E-state index in [1.165, 1.54) is 16.9 Å². The van der Waals surface area contributed by atoms with E-state index in [-0.39, 0.29) is 16.3 Å². The molecule has 0 aliphatic heterocycles. The number of carbonyl (C=O) groups is 1. The van der Waals surface area contributed by atoms with Crippen LogP contribution in [0.2, 0.25) is 5.02 Å². The van der Waals surface area contributed by atoms with Gasteiger partial charge in [0, 0.05) is 6.54 Å². The van der Waals surface area contributed by atoms with E-state index in [9.17, 15) is 9.18 Å². The first-order chi connectivity index (χ1) is 8.56. The highest BCUT2D eigenvalue weighted by Crippen LogP contribution is 2.22. The third-order valence-electron chi connectivity index (χ3n) is 2.75. The molecule has 0 spiro atoms. The smallest absolute Gasteiger partial charge is 0.215 e. The molecule has 0 aliphatic rings. The normalized spacial score (nSPS) is 10.7.